The number of benzene rings is 2. The highest BCUT2D eigenvalue weighted by atomic mass is 35.5. The summed E-state index contributed by atoms with van der Waals surface area (Å²) in [6, 6.07) is 19.0. The SMILES string of the molecule is Cc1ccc(-c2cc(C(=O)NCc3ccncc3)n(-c3ccc(Cl)cc3)n2)cc1C. The van der Waals surface area contributed by atoms with E-state index in [1.165, 1.54) is 11.1 Å². The Labute approximate surface area is 180 Å². The fourth-order valence-corrected chi connectivity index (χ4v) is 3.26. The van der Waals surface area contributed by atoms with Crippen LogP contribution in [-0.4, -0.2) is 20.7 Å². The summed E-state index contributed by atoms with van der Waals surface area (Å²) in [5, 5.41) is 8.33. The van der Waals surface area contributed by atoms with Gasteiger partial charge in [-0.05, 0) is 79.1 Å². The highest BCUT2D eigenvalue weighted by molar-refractivity contribution is 6.30. The average molecular weight is 417 g/mol. The molecule has 1 N–H and O–H groups in total. The Balaban J connectivity index is 1.71. The summed E-state index contributed by atoms with van der Waals surface area (Å²) in [6.45, 7) is 4.55. The fraction of sp³-hybridized carbons (Fsp3) is 0.125. The average Bonchev–Trinajstić information content (AvgIpc) is 3.21. The minimum atomic E-state index is -0.204. The standard InChI is InChI=1S/C24H21ClN4O/c1-16-3-4-19(13-17(16)2)22-14-23(24(30)27-15-18-9-11-26-12-10-18)29(28-22)21-7-5-20(25)6-8-21/h3-14H,15H2,1-2H3,(H,27,30). The van der Waals surface area contributed by atoms with E-state index in [1.54, 1.807) is 29.2 Å². The number of carbonyl (C=O) groups is 1. The van der Waals surface area contributed by atoms with Gasteiger partial charge in [-0.15, -0.1) is 0 Å². The van der Waals surface area contributed by atoms with Crippen LogP contribution in [0, 0.1) is 13.8 Å². The van der Waals surface area contributed by atoms with Crippen LogP contribution in [-0.2, 0) is 6.54 Å². The summed E-state index contributed by atoms with van der Waals surface area (Å²) < 4.78 is 1.66. The Hall–Kier alpha value is -3.44. The van der Waals surface area contributed by atoms with Crippen molar-refractivity contribution in [3.05, 3.63) is 100 Å². The molecule has 2 heterocycles. The molecule has 1 amide bonds. The van der Waals surface area contributed by atoms with Crippen molar-refractivity contribution in [2.45, 2.75) is 20.4 Å². The van der Waals surface area contributed by atoms with Crippen LogP contribution < -0.4 is 5.32 Å². The van der Waals surface area contributed by atoms with Crippen molar-refractivity contribution < 1.29 is 4.79 Å². The van der Waals surface area contributed by atoms with Crippen molar-refractivity contribution in [1.29, 1.82) is 0 Å². The van der Waals surface area contributed by atoms with Crippen molar-refractivity contribution in [2.75, 3.05) is 0 Å². The van der Waals surface area contributed by atoms with Gasteiger partial charge in [-0.2, -0.15) is 5.10 Å². The van der Waals surface area contributed by atoms with Gasteiger partial charge in [0, 0.05) is 29.5 Å². The molecular formula is C24H21ClN4O. The van der Waals surface area contributed by atoms with Crippen LogP contribution in [0.5, 0.6) is 0 Å². The second-order valence-electron chi connectivity index (χ2n) is 7.14. The van der Waals surface area contributed by atoms with Gasteiger partial charge < -0.3 is 5.32 Å². The Morgan fingerprint density at radius 1 is 0.967 bits per heavy atom. The number of hydrogen-bond acceptors (Lipinski definition) is 3. The first-order chi connectivity index (χ1) is 14.5. The molecule has 0 atom stereocenters. The third kappa shape index (κ3) is 4.26. The highest BCUT2D eigenvalue weighted by Crippen LogP contribution is 2.24. The van der Waals surface area contributed by atoms with Crippen LogP contribution in [0.1, 0.15) is 27.2 Å². The first-order valence-electron chi connectivity index (χ1n) is 9.62. The van der Waals surface area contributed by atoms with Gasteiger partial charge in [0.05, 0.1) is 11.4 Å². The van der Waals surface area contributed by atoms with E-state index < -0.39 is 0 Å². The molecule has 2 aromatic heterocycles. The number of rotatable bonds is 5. The third-order valence-electron chi connectivity index (χ3n) is 5.02. The molecule has 2 aromatic carbocycles. The van der Waals surface area contributed by atoms with Gasteiger partial charge in [-0.1, -0.05) is 23.7 Å². The summed E-state index contributed by atoms with van der Waals surface area (Å²) >= 11 is 6.04. The molecule has 0 bridgehead atoms. The maximum atomic E-state index is 13.0. The van der Waals surface area contributed by atoms with Gasteiger partial charge >= 0.3 is 0 Å². The number of amides is 1. The van der Waals surface area contributed by atoms with Gasteiger partial charge in [0.15, 0.2) is 0 Å². The van der Waals surface area contributed by atoms with Crippen LogP contribution in [0.15, 0.2) is 73.1 Å². The van der Waals surface area contributed by atoms with E-state index in [-0.39, 0.29) is 5.91 Å². The molecule has 0 saturated heterocycles. The van der Waals surface area contributed by atoms with Crippen LogP contribution in [0.3, 0.4) is 0 Å². The number of pyridine rings is 1. The molecule has 0 aliphatic rings. The zero-order valence-corrected chi connectivity index (χ0v) is 17.5. The van der Waals surface area contributed by atoms with Crippen LogP contribution in [0.2, 0.25) is 5.02 Å². The number of nitrogens with zero attached hydrogens (tertiary/aromatic N) is 3. The van der Waals surface area contributed by atoms with E-state index in [0.29, 0.717) is 17.3 Å². The fourth-order valence-electron chi connectivity index (χ4n) is 3.14. The summed E-state index contributed by atoms with van der Waals surface area (Å²) in [7, 11) is 0. The Bertz CT molecular complexity index is 1180. The Morgan fingerprint density at radius 2 is 1.70 bits per heavy atom. The van der Waals surface area contributed by atoms with E-state index in [9.17, 15) is 4.79 Å². The maximum Gasteiger partial charge on any atom is 0.270 e. The van der Waals surface area contributed by atoms with E-state index in [1.807, 2.05) is 36.4 Å². The lowest BCUT2D eigenvalue weighted by Gasteiger charge is -2.08. The highest BCUT2D eigenvalue weighted by Gasteiger charge is 2.18. The molecule has 0 aliphatic heterocycles. The summed E-state index contributed by atoms with van der Waals surface area (Å²) in [5.74, 6) is -0.204. The predicted molar refractivity (Wildman–Crippen MR) is 119 cm³/mol. The van der Waals surface area contributed by atoms with E-state index in [4.69, 9.17) is 16.7 Å². The van der Waals surface area contributed by atoms with Crippen molar-refractivity contribution in [2.24, 2.45) is 0 Å². The van der Waals surface area contributed by atoms with E-state index in [0.717, 1.165) is 22.5 Å². The molecule has 0 spiro atoms. The van der Waals surface area contributed by atoms with Gasteiger partial charge in [0.25, 0.3) is 5.91 Å². The molecule has 0 unspecified atom stereocenters. The lowest BCUT2D eigenvalue weighted by molar-refractivity contribution is 0.0943. The minimum Gasteiger partial charge on any atom is -0.347 e. The smallest absolute Gasteiger partial charge is 0.270 e. The van der Waals surface area contributed by atoms with Crippen molar-refractivity contribution in [3.63, 3.8) is 0 Å². The third-order valence-corrected chi connectivity index (χ3v) is 5.27. The quantitative estimate of drug-likeness (QED) is 0.490. The monoisotopic (exact) mass is 416 g/mol. The van der Waals surface area contributed by atoms with Crippen LogP contribution in [0.25, 0.3) is 16.9 Å². The zero-order chi connectivity index (χ0) is 21.1. The van der Waals surface area contributed by atoms with Gasteiger partial charge in [0.1, 0.15) is 5.69 Å². The zero-order valence-electron chi connectivity index (χ0n) is 16.8. The Kier molecular flexibility index (Phi) is 5.63. The second kappa shape index (κ2) is 8.51. The van der Waals surface area contributed by atoms with E-state index >= 15 is 0 Å². The molecule has 6 heteroatoms. The molecule has 5 nitrogen and oxygen atoms in total. The Morgan fingerprint density at radius 3 is 2.40 bits per heavy atom. The van der Waals surface area contributed by atoms with Gasteiger partial charge in [0.2, 0.25) is 0 Å². The molecule has 0 radical (unpaired) electrons. The molecule has 0 aliphatic carbocycles. The molecule has 0 fully saturated rings. The second-order valence-corrected chi connectivity index (χ2v) is 7.58. The first-order valence-corrected chi connectivity index (χ1v) is 10.00. The minimum absolute atomic E-state index is 0.204. The largest absolute Gasteiger partial charge is 0.347 e. The van der Waals surface area contributed by atoms with Crippen LogP contribution in [0.4, 0.5) is 0 Å². The van der Waals surface area contributed by atoms with Crippen molar-refractivity contribution in [1.82, 2.24) is 20.1 Å². The number of nitrogens with one attached hydrogen (secondary N) is 1. The van der Waals surface area contributed by atoms with Gasteiger partial charge in [-0.3, -0.25) is 9.78 Å². The number of hydrogen-bond donors (Lipinski definition) is 1. The normalized spacial score (nSPS) is 10.8. The molecule has 30 heavy (non-hydrogen) atoms. The molecular weight excluding hydrogens is 396 g/mol. The van der Waals surface area contributed by atoms with E-state index in [2.05, 4.69) is 36.3 Å². The lowest BCUT2D eigenvalue weighted by Crippen LogP contribution is -2.25. The maximum absolute atomic E-state index is 13.0. The predicted octanol–water partition coefficient (Wildman–Crippen LogP) is 5.13. The number of carbonyl (C=O) groups excluding carboxylic acids is 1. The topological polar surface area (TPSA) is 59.8 Å². The van der Waals surface area contributed by atoms with Crippen LogP contribution >= 0.6 is 11.6 Å². The number of aryl methyl sites for hydroxylation is 2. The van der Waals surface area contributed by atoms with Gasteiger partial charge in [-0.25, -0.2) is 4.68 Å². The molecule has 4 aromatic rings. The molecule has 0 saturated carbocycles. The molecule has 4 rings (SSSR count). The summed E-state index contributed by atoms with van der Waals surface area (Å²) in [4.78, 5) is 17.0. The summed E-state index contributed by atoms with van der Waals surface area (Å²) in [6.07, 6.45) is 3.41. The van der Waals surface area contributed by atoms with Crippen molar-refractivity contribution >= 4 is 17.5 Å². The number of halogens is 1. The van der Waals surface area contributed by atoms with Crippen molar-refractivity contribution in [3.8, 4) is 16.9 Å². The first kappa shape index (κ1) is 19.9. The molecule has 150 valence electrons. The lowest BCUT2D eigenvalue weighted by atomic mass is 10.0. The number of aromatic nitrogens is 3. The summed E-state index contributed by atoms with van der Waals surface area (Å²) in [5.41, 5.74) is 6.30.